The summed E-state index contributed by atoms with van der Waals surface area (Å²) in [5.41, 5.74) is 2.10. The lowest BCUT2D eigenvalue weighted by Gasteiger charge is -2.19. The van der Waals surface area contributed by atoms with Crippen molar-refractivity contribution in [3.8, 4) is 16.9 Å². The van der Waals surface area contributed by atoms with Crippen LogP contribution in [0.25, 0.3) is 11.1 Å². The molecule has 1 heterocycles. The number of carbonyl (C=O) groups is 3. The second kappa shape index (κ2) is 6.59. The van der Waals surface area contributed by atoms with Crippen molar-refractivity contribution in [2.24, 2.45) is 23.7 Å². The number of nitrogens with zero attached hydrogens (tertiary/aromatic N) is 1. The van der Waals surface area contributed by atoms with Crippen molar-refractivity contribution in [3.63, 3.8) is 0 Å². The van der Waals surface area contributed by atoms with Gasteiger partial charge in [-0.25, -0.2) is 4.79 Å². The highest BCUT2D eigenvalue weighted by atomic mass is 16.5. The Bertz CT molecular complexity index is 909. The van der Waals surface area contributed by atoms with Crippen LogP contribution in [0, 0.1) is 23.7 Å². The number of hydrogen-bond donors (Lipinski definition) is 0. The van der Waals surface area contributed by atoms with Crippen LogP contribution in [0.4, 0.5) is 0 Å². The van der Waals surface area contributed by atoms with E-state index in [2.05, 4.69) is 0 Å². The Balaban J connectivity index is 1.24. The van der Waals surface area contributed by atoms with E-state index < -0.39 is 5.97 Å². The number of carbonyl (C=O) groups excluding carboxylic acids is 3. The van der Waals surface area contributed by atoms with E-state index in [1.54, 1.807) is 12.1 Å². The first-order valence-electron chi connectivity index (χ1n) is 9.83. The van der Waals surface area contributed by atoms with Crippen LogP contribution in [0.15, 0.2) is 54.6 Å². The molecular formula is C23H21NO4. The zero-order valence-corrected chi connectivity index (χ0v) is 15.4. The van der Waals surface area contributed by atoms with Crippen molar-refractivity contribution in [2.75, 3.05) is 6.54 Å². The summed E-state index contributed by atoms with van der Waals surface area (Å²) in [6.45, 7) is -0.301. The van der Waals surface area contributed by atoms with E-state index in [0.717, 1.165) is 35.3 Å². The second-order valence-corrected chi connectivity index (χ2v) is 8.01. The summed E-state index contributed by atoms with van der Waals surface area (Å²) in [6.07, 6.45) is 3.03. The maximum Gasteiger partial charge on any atom is 0.331 e. The molecular weight excluding hydrogens is 354 g/mol. The Morgan fingerprint density at radius 1 is 0.857 bits per heavy atom. The average molecular weight is 375 g/mol. The molecule has 0 radical (unpaired) electrons. The highest BCUT2D eigenvalue weighted by Crippen LogP contribution is 2.56. The average Bonchev–Trinajstić information content (AvgIpc) is 3.39. The minimum absolute atomic E-state index is 0.182. The molecule has 0 aromatic heterocycles. The van der Waals surface area contributed by atoms with Gasteiger partial charge < -0.3 is 4.74 Å². The summed E-state index contributed by atoms with van der Waals surface area (Å²) >= 11 is 0. The van der Waals surface area contributed by atoms with Crippen molar-refractivity contribution in [3.05, 3.63) is 54.6 Å². The van der Waals surface area contributed by atoms with E-state index in [0.29, 0.717) is 17.6 Å². The van der Waals surface area contributed by atoms with Gasteiger partial charge in [0.15, 0.2) is 0 Å². The molecule has 0 spiro atoms. The topological polar surface area (TPSA) is 63.7 Å². The molecule has 2 aromatic carbocycles. The van der Waals surface area contributed by atoms with Gasteiger partial charge in [0.05, 0.1) is 11.8 Å². The van der Waals surface area contributed by atoms with Crippen LogP contribution in [0.5, 0.6) is 5.75 Å². The molecule has 2 amide bonds. The Hall–Kier alpha value is -2.95. The first-order valence-corrected chi connectivity index (χ1v) is 9.83. The summed E-state index contributed by atoms with van der Waals surface area (Å²) < 4.78 is 5.37. The van der Waals surface area contributed by atoms with Gasteiger partial charge >= 0.3 is 5.97 Å². The van der Waals surface area contributed by atoms with E-state index in [1.807, 2.05) is 42.5 Å². The number of fused-ring (bicyclic) bond motifs is 5. The molecule has 1 saturated heterocycles. The molecule has 3 fully saturated rings. The zero-order chi connectivity index (χ0) is 19.3. The normalized spacial score (nSPS) is 27.9. The number of amides is 2. The predicted octanol–water partition coefficient (Wildman–Crippen LogP) is 3.29. The van der Waals surface area contributed by atoms with Crippen LogP contribution in [-0.2, 0) is 14.4 Å². The minimum Gasteiger partial charge on any atom is -0.425 e. The molecule has 1 aliphatic heterocycles. The number of likely N-dealkylation sites (tertiary alicyclic amines) is 1. The number of imide groups is 1. The monoisotopic (exact) mass is 375 g/mol. The number of esters is 1. The maximum absolute atomic E-state index is 12.7. The summed E-state index contributed by atoms with van der Waals surface area (Å²) in [5.74, 6) is -0.313. The fourth-order valence-corrected chi connectivity index (χ4v) is 5.27. The molecule has 2 bridgehead atoms. The van der Waals surface area contributed by atoms with Gasteiger partial charge in [0.2, 0.25) is 11.8 Å². The summed E-state index contributed by atoms with van der Waals surface area (Å²) in [6, 6.07) is 17.1. The molecule has 2 aliphatic carbocycles. The third-order valence-corrected chi connectivity index (χ3v) is 6.50. The lowest BCUT2D eigenvalue weighted by atomic mass is 9.81. The second-order valence-electron chi connectivity index (χ2n) is 8.01. The first-order chi connectivity index (χ1) is 13.6. The van der Waals surface area contributed by atoms with Gasteiger partial charge in [0, 0.05) is 0 Å². The fourth-order valence-electron chi connectivity index (χ4n) is 5.27. The summed E-state index contributed by atoms with van der Waals surface area (Å²) in [4.78, 5) is 38.8. The number of rotatable bonds is 4. The van der Waals surface area contributed by atoms with Crippen LogP contribution >= 0.6 is 0 Å². The Kier molecular flexibility index (Phi) is 4.04. The smallest absolute Gasteiger partial charge is 0.331 e. The van der Waals surface area contributed by atoms with E-state index in [-0.39, 0.29) is 30.2 Å². The van der Waals surface area contributed by atoms with Gasteiger partial charge in [0.25, 0.3) is 0 Å². The number of ether oxygens (including phenoxy) is 1. The SMILES string of the molecule is O=C(CN1C(=O)[C@H]2[C@@H]3CC[C@@H](C3)[C@@H]2C1=O)Oc1ccc(-c2ccccc2)cc1. The van der Waals surface area contributed by atoms with Crippen LogP contribution in [-0.4, -0.2) is 29.2 Å². The standard InChI is InChI=1S/C23H21NO4/c25-19(28-18-10-8-15(9-11-18)14-4-2-1-3-5-14)13-24-22(26)20-16-6-7-17(12-16)21(20)23(24)27/h1-5,8-11,16-17,20-21H,6-7,12-13H2/t16-,17+,20-,21-/m0/s1. The molecule has 2 aromatic rings. The first kappa shape index (κ1) is 17.2. The number of hydrogen-bond acceptors (Lipinski definition) is 4. The third kappa shape index (κ3) is 2.73. The Morgan fingerprint density at radius 2 is 1.43 bits per heavy atom. The summed E-state index contributed by atoms with van der Waals surface area (Å²) in [7, 11) is 0. The lowest BCUT2D eigenvalue weighted by molar-refractivity contribution is -0.148. The molecule has 5 nitrogen and oxygen atoms in total. The molecule has 2 saturated carbocycles. The largest absolute Gasteiger partial charge is 0.425 e. The van der Waals surface area contributed by atoms with Crippen LogP contribution in [0.2, 0.25) is 0 Å². The van der Waals surface area contributed by atoms with Crippen molar-refractivity contribution < 1.29 is 19.1 Å². The highest BCUT2D eigenvalue weighted by molar-refractivity contribution is 6.07. The minimum atomic E-state index is -0.582. The zero-order valence-electron chi connectivity index (χ0n) is 15.4. The van der Waals surface area contributed by atoms with Gasteiger partial charge in [0.1, 0.15) is 12.3 Å². The van der Waals surface area contributed by atoms with Crippen LogP contribution in [0.3, 0.4) is 0 Å². The van der Waals surface area contributed by atoms with Crippen molar-refractivity contribution in [2.45, 2.75) is 19.3 Å². The van der Waals surface area contributed by atoms with E-state index in [1.165, 1.54) is 0 Å². The van der Waals surface area contributed by atoms with Crippen LogP contribution in [0.1, 0.15) is 19.3 Å². The predicted molar refractivity (Wildman–Crippen MR) is 102 cm³/mol. The van der Waals surface area contributed by atoms with Crippen molar-refractivity contribution in [1.82, 2.24) is 4.90 Å². The van der Waals surface area contributed by atoms with Gasteiger partial charge in [-0.1, -0.05) is 42.5 Å². The van der Waals surface area contributed by atoms with E-state index >= 15 is 0 Å². The molecule has 5 rings (SSSR count). The van der Waals surface area contributed by atoms with Crippen LogP contribution < -0.4 is 4.74 Å². The third-order valence-electron chi connectivity index (χ3n) is 6.50. The molecule has 3 aliphatic rings. The fraction of sp³-hybridized carbons (Fsp3) is 0.348. The van der Waals surface area contributed by atoms with Gasteiger partial charge in [-0.2, -0.15) is 0 Å². The Morgan fingerprint density at radius 3 is 2.04 bits per heavy atom. The Labute approximate surface area is 163 Å². The van der Waals surface area contributed by atoms with Crippen molar-refractivity contribution >= 4 is 17.8 Å². The summed E-state index contributed by atoms with van der Waals surface area (Å²) in [5, 5.41) is 0. The maximum atomic E-state index is 12.7. The molecule has 5 heteroatoms. The quantitative estimate of drug-likeness (QED) is 0.467. The van der Waals surface area contributed by atoms with Gasteiger partial charge in [-0.15, -0.1) is 0 Å². The molecule has 0 unspecified atom stereocenters. The van der Waals surface area contributed by atoms with Gasteiger partial charge in [-0.3, -0.25) is 14.5 Å². The lowest BCUT2D eigenvalue weighted by Crippen LogP contribution is -2.38. The molecule has 28 heavy (non-hydrogen) atoms. The molecule has 142 valence electrons. The van der Waals surface area contributed by atoms with E-state index in [9.17, 15) is 14.4 Å². The number of benzene rings is 2. The van der Waals surface area contributed by atoms with E-state index in [4.69, 9.17) is 4.74 Å². The van der Waals surface area contributed by atoms with Crippen molar-refractivity contribution in [1.29, 1.82) is 0 Å². The van der Waals surface area contributed by atoms with Gasteiger partial charge in [-0.05, 0) is 54.4 Å². The molecule has 4 atom stereocenters. The highest BCUT2D eigenvalue weighted by Gasteiger charge is 2.61. The molecule has 0 N–H and O–H groups in total.